The van der Waals surface area contributed by atoms with E-state index in [4.69, 9.17) is 0 Å². The monoisotopic (exact) mass is 233 g/mol. The zero-order chi connectivity index (χ0) is 11.4. The number of nitrogens with one attached hydrogen (secondary N) is 1. The average molecular weight is 233 g/mol. The van der Waals surface area contributed by atoms with Gasteiger partial charge in [0, 0.05) is 6.20 Å². The van der Waals surface area contributed by atoms with Crippen LogP contribution in [0, 0.1) is 6.92 Å². The van der Waals surface area contributed by atoms with Crippen LogP contribution < -0.4 is 5.32 Å². The zero-order valence-electron chi connectivity index (χ0n) is 8.80. The molecule has 0 aliphatic rings. The molecule has 0 radical (unpaired) electrons. The van der Waals surface area contributed by atoms with Gasteiger partial charge >= 0.3 is 0 Å². The quantitative estimate of drug-likeness (QED) is 0.879. The number of nitrogens with zero attached hydrogens (tertiary/aromatic N) is 2. The summed E-state index contributed by atoms with van der Waals surface area (Å²) in [7, 11) is 0. The molecule has 1 N–H and O–H groups in total. The van der Waals surface area contributed by atoms with Crippen molar-refractivity contribution < 1.29 is 4.79 Å². The fourth-order valence-electron chi connectivity index (χ4n) is 1.27. The minimum Gasteiger partial charge on any atom is -0.346 e. The van der Waals surface area contributed by atoms with E-state index >= 15 is 0 Å². The van der Waals surface area contributed by atoms with E-state index in [2.05, 4.69) is 15.3 Å². The van der Waals surface area contributed by atoms with Crippen LogP contribution in [0.5, 0.6) is 0 Å². The molecule has 2 rings (SSSR count). The molecule has 82 valence electrons. The molecule has 0 saturated heterocycles. The molecule has 2 aromatic rings. The van der Waals surface area contributed by atoms with Crippen molar-refractivity contribution in [3.05, 3.63) is 46.2 Å². The first-order valence-corrected chi connectivity index (χ1v) is 5.73. The Labute approximate surface area is 97.4 Å². The van der Waals surface area contributed by atoms with Crippen LogP contribution in [0.2, 0.25) is 0 Å². The standard InChI is InChI=1S/C11H11N3OS/c1-8-10(16-7-14-8)11(15)13-6-9-4-2-3-5-12-9/h2-5,7H,6H2,1H3,(H,13,15). The molecule has 16 heavy (non-hydrogen) atoms. The molecule has 1 amide bonds. The number of hydrogen-bond donors (Lipinski definition) is 1. The summed E-state index contributed by atoms with van der Waals surface area (Å²) < 4.78 is 0. The van der Waals surface area contributed by atoms with E-state index in [-0.39, 0.29) is 5.91 Å². The van der Waals surface area contributed by atoms with Gasteiger partial charge in [-0.05, 0) is 19.1 Å². The van der Waals surface area contributed by atoms with Crippen molar-refractivity contribution in [3.8, 4) is 0 Å². The van der Waals surface area contributed by atoms with Crippen LogP contribution in [0.25, 0.3) is 0 Å². The van der Waals surface area contributed by atoms with Gasteiger partial charge < -0.3 is 5.32 Å². The molecule has 5 heteroatoms. The first-order valence-electron chi connectivity index (χ1n) is 4.85. The van der Waals surface area contributed by atoms with Gasteiger partial charge in [-0.15, -0.1) is 11.3 Å². The highest BCUT2D eigenvalue weighted by Gasteiger charge is 2.10. The number of thiazole rings is 1. The van der Waals surface area contributed by atoms with Crippen LogP contribution in [0.1, 0.15) is 21.1 Å². The van der Waals surface area contributed by atoms with Crippen LogP contribution in [0.4, 0.5) is 0 Å². The van der Waals surface area contributed by atoms with Crippen LogP contribution in [-0.4, -0.2) is 15.9 Å². The van der Waals surface area contributed by atoms with Gasteiger partial charge in [-0.25, -0.2) is 4.98 Å². The van der Waals surface area contributed by atoms with Gasteiger partial charge in [-0.1, -0.05) is 6.07 Å². The Morgan fingerprint density at radius 1 is 1.44 bits per heavy atom. The van der Waals surface area contributed by atoms with Crippen LogP contribution in [-0.2, 0) is 6.54 Å². The number of hydrogen-bond acceptors (Lipinski definition) is 4. The summed E-state index contributed by atoms with van der Waals surface area (Å²) in [4.78, 5) is 20.6. The summed E-state index contributed by atoms with van der Waals surface area (Å²) in [5.41, 5.74) is 3.28. The molecule has 0 bridgehead atoms. The molecule has 0 atom stereocenters. The Hall–Kier alpha value is -1.75. The molecular formula is C11H11N3OS. The van der Waals surface area contributed by atoms with E-state index < -0.39 is 0 Å². The lowest BCUT2D eigenvalue weighted by Gasteiger charge is -2.02. The van der Waals surface area contributed by atoms with Crippen molar-refractivity contribution in [2.24, 2.45) is 0 Å². The van der Waals surface area contributed by atoms with Crippen molar-refractivity contribution in [1.29, 1.82) is 0 Å². The largest absolute Gasteiger partial charge is 0.346 e. The third-order valence-corrected chi connectivity index (χ3v) is 3.04. The van der Waals surface area contributed by atoms with E-state index in [1.165, 1.54) is 11.3 Å². The fraction of sp³-hybridized carbons (Fsp3) is 0.182. The minimum atomic E-state index is -0.0920. The zero-order valence-corrected chi connectivity index (χ0v) is 9.62. The summed E-state index contributed by atoms with van der Waals surface area (Å²) in [6, 6.07) is 5.62. The number of pyridine rings is 1. The number of carbonyl (C=O) groups excluding carboxylic acids is 1. The number of aryl methyl sites for hydroxylation is 1. The van der Waals surface area contributed by atoms with Gasteiger partial charge in [0.05, 0.1) is 23.4 Å². The molecule has 0 saturated carbocycles. The van der Waals surface area contributed by atoms with Crippen molar-refractivity contribution in [3.63, 3.8) is 0 Å². The molecular weight excluding hydrogens is 222 g/mol. The van der Waals surface area contributed by atoms with Crippen LogP contribution >= 0.6 is 11.3 Å². The molecule has 2 aromatic heterocycles. The van der Waals surface area contributed by atoms with E-state index in [1.807, 2.05) is 25.1 Å². The summed E-state index contributed by atoms with van der Waals surface area (Å²) in [5.74, 6) is -0.0920. The number of rotatable bonds is 3. The highest BCUT2D eigenvalue weighted by atomic mass is 32.1. The van der Waals surface area contributed by atoms with Crippen molar-refractivity contribution in [2.75, 3.05) is 0 Å². The maximum absolute atomic E-state index is 11.7. The Balaban J connectivity index is 1.97. The fourth-order valence-corrected chi connectivity index (χ4v) is 1.99. The molecule has 2 heterocycles. The van der Waals surface area contributed by atoms with Crippen molar-refractivity contribution in [2.45, 2.75) is 13.5 Å². The summed E-state index contributed by atoms with van der Waals surface area (Å²) in [6.07, 6.45) is 1.71. The SMILES string of the molecule is Cc1ncsc1C(=O)NCc1ccccn1. The molecule has 0 aliphatic carbocycles. The number of amides is 1. The summed E-state index contributed by atoms with van der Waals surface area (Å²) >= 11 is 1.35. The maximum atomic E-state index is 11.7. The van der Waals surface area contributed by atoms with E-state index in [1.54, 1.807) is 11.7 Å². The van der Waals surface area contributed by atoms with Gasteiger partial charge in [0.1, 0.15) is 4.88 Å². The average Bonchev–Trinajstić information content (AvgIpc) is 2.74. The van der Waals surface area contributed by atoms with Gasteiger partial charge in [0.2, 0.25) is 0 Å². The predicted molar refractivity (Wildman–Crippen MR) is 62.3 cm³/mol. The van der Waals surface area contributed by atoms with Gasteiger partial charge in [0.15, 0.2) is 0 Å². The van der Waals surface area contributed by atoms with Gasteiger partial charge in [-0.2, -0.15) is 0 Å². The Bertz CT molecular complexity index is 481. The third kappa shape index (κ3) is 2.43. The number of aromatic nitrogens is 2. The lowest BCUT2D eigenvalue weighted by molar-refractivity contribution is 0.0953. The molecule has 0 spiro atoms. The first-order chi connectivity index (χ1) is 7.77. The second-order valence-corrected chi connectivity index (χ2v) is 4.13. The summed E-state index contributed by atoms with van der Waals surface area (Å²) in [5, 5.41) is 2.81. The lowest BCUT2D eigenvalue weighted by Crippen LogP contribution is -2.23. The normalized spacial score (nSPS) is 10.1. The molecule has 4 nitrogen and oxygen atoms in total. The van der Waals surface area contributed by atoms with Crippen molar-refractivity contribution in [1.82, 2.24) is 15.3 Å². The first kappa shape index (κ1) is 10.8. The van der Waals surface area contributed by atoms with Crippen LogP contribution in [0.15, 0.2) is 29.9 Å². The lowest BCUT2D eigenvalue weighted by atomic mass is 10.3. The summed E-state index contributed by atoms with van der Waals surface area (Å²) in [6.45, 7) is 2.27. The van der Waals surface area contributed by atoms with Gasteiger partial charge in [-0.3, -0.25) is 9.78 Å². The smallest absolute Gasteiger partial charge is 0.263 e. The van der Waals surface area contributed by atoms with Crippen LogP contribution in [0.3, 0.4) is 0 Å². The maximum Gasteiger partial charge on any atom is 0.263 e. The van der Waals surface area contributed by atoms with Gasteiger partial charge in [0.25, 0.3) is 5.91 Å². The molecule has 0 aliphatic heterocycles. The predicted octanol–water partition coefficient (Wildman–Crippen LogP) is 1.78. The highest BCUT2D eigenvalue weighted by Crippen LogP contribution is 2.11. The molecule has 0 unspecified atom stereocenters. The Morgan fingerprint density at radius 3 is 2.94 bits per heavy atom. The second-order valence-electron chi connectivity index (χ2n) is 3.27. The Morgan fingerprint density at radius 2 is 2.31 bits per heavy atom. The van der Waals surface area contributed by atoms with Crippen molar-refractivity contribution >= 4 is 17.2 Å². The second kappa shape index (κ2) is 4.85. The van der Waals surface area contributed by atoms with E-state index in [9.17, 15) is 4.79 Å². The van der Waals surface area contributed by atoms with E-state index in [0.717, 1.165) is 11.4 Å². The highest BCUT2D eigenvalue weighted by molar-refractivity contribution is 7.11. The molecule has 0 fully saturated rings. The Kier molecular flexibility index (Phi) is 3.26. The number of carbonyl (C=O) groups is 1. The third-order valence-electron chi connectivity index (χ3n) is 2.11. The van der Waals surface area contributed by atoms with E-state index in [0.29, 0.717) is 11.4 Å². The molecule has 0 aromatic carbocycles. The topological polar surface area (TPSA) is 54.9 Å². The minimum absolute atomic E-state index is 0.0920.